The van der Waals surface area contributed by atoms with Gasteiger partial charge in [0.15, 0.2) is 17.5 Å². The average molecular weight is 752 g/mol. The fourth-order valence-corrected chi connectivity index (χ4v) is 8.30. The molecule has 0 fully saturated rings. The molecule has 8 aromatic carbocycles. The first-order valence-electron chi connectivity index (χ1n) is 19.1. The molecule has 11 rings (SSSR count). The summed E-state index contributed by atoms with van der Waals surface area (Å²) in [5, 5.41) is 4.49. The Kier molecular flexibility index (Phi) is 7.79. The summed E-state index contributed by atoms with van der Waals surface area (Å²) in [6.07, 6.45) is 0. The second-order valence-electron chi connectivity index (χ2n) is 14.4. The van der Waals surface area contributed by atoms with Gasteiger partial charge >= 0.3 is 0 Å². The number of fused-ring (bicyclic) bond motifs is 6. The predicted octanol–water partition coefficient (Wildman–Crippen LogP) is 13.0. The van der Waals surface area contributed by atoms with E-state index in [0.29, 0.717) is 28.6 Å². The molecule has 0 radical (unpaired) electrons. The molecule has 0 amide bonds. The van der Waals surface area contributed by atoms with Gasteiger partial charge in [-0.15, -0.1) is 0 Å². The van der Waals surface area contributed by atoms with Crippen molar-refractivity contribution in [3.8, 4) is 56.7 Å². The molecule has 3 heterocycles. The van der Waals surface area contributed by atoms with Crippen LogP contribution < -0.4 is 0 Å². The molecule has 58 heavy (non-hydrogen) atoms. The van der Waals surface area contributed by atoms with Crippen LogP contribution in [0.2, 0.25) is 0 Å². The van der Waals surface area contributed by atoms with Gasteiger partial charge in [0.25, 0.3) is 0 Å². The highest BCUT2D eigenvalue weighted by atomic mass is 19.1. The number of nitrogens with zero attached hydrogens (tertiary/aromatic N) is 5. The Morgan fingerprint density at radius 1 is 0.328 bits per heavy atom. The monoisotopic (exact) mass is 751 g/mol. The Labute approximate surface area is 331 Å². The van der Waals surface area contributed by atoms with Crippen LogP contribution in [0.25, 0.3) is 100 Å². The van der Waals surface area contributed by atoms with E-state index in [1.54, 1.807) is 0 Å². The Hall–Kier alpha value is -7.77. The quantitative estimate of drug-likeness (QED) is 0.170. The standard InChI is InChI=1S/C51H31F2N5/c52-36-27-35(28-37(53)30-36)34-23-25-42(51-55-49(32-13-3-1-4-14-32)54-50(56-51)33-15-5-2-6-16-33)48(29-34)58-46-22-12-9-19-41(46)43-31-38(24-26-47(43)58)57-44-20-10-7-17-39(44)40-18-8-11-21-45(40)57/h1-31H. The van der Waals surface area contributed by atoms with E-state index in [4.69, 9.17) is 15.0 Å². The summed E-state index contributed by atoms with van der Waals surface area (Å²) < 4.78 is 34.0. The zero-order valence-electron chi connectivity index (χ0n) is 30.9. The van der Waals surface area contributed by atoms with Gasteiger partial charge in [-0.05, 0) is 71.8 Å². The Morgan fingerprint density at radius 2 is 0.810 bits per heavy atom. The normalized spacial score (nSPS) is 11.6. The second kappa shape index (κ2) is 13.5. The lowest BCUT2D eigenvalue weighted by Gasteiger charge is -2.17. The summed E-state index contributed by atoms with van der Waals surface area (Å²) in [5.41, 5.74) is 9.46. The largest absolute Gasteiger partial charge is 0.309 e. The molecule has 7 heteroatoms. The first kappa shape index (κ1) is 33.6. The molecule has 0 atom stereocenters. The van der Waals surface area contributed by atoms with Crippen molar-refractivity contribution in [1.82, 2.24) is 24.1 Å². The average Bonchev–Trinajstić information content (AvgIpc) is 3.79. The van der Waals surface area contributed by atoms with Crippen molar-refractivity contribution in [3.63, 3.8) is 0 Å². The van der Waals surface area contributed by atoms with Crippen molar-refractivity contribution in [3.05, 3.63) is 200 Å². The van der Waals surface area contributed by atoms with E-state index in [-0.39, 0.29) is 0 Å². The summed E-state index contributed by atoms with van der Waals surface area (Å²) in [6, 6.07) is 61.0. The molecule has 11 aromatic rings. The van der Waals surface area contributed by atoms with Crippen LogP contribution in [0.15, 0.2) is 188 Å². The predicted molar refractivity (Wildman–Crippen MR) is 230 cm³/mol. The number of halogens is 2. The molecule has 0 N–H and O–H groups in total. The zero-order chi connectivity index (χ0) is 38.7. The zero-order valence-corrected chi connectivity index (χ0v) is 30.9. The van der Waals surface area contributed by atoms with E-state index in [9.17, 15) is 8.78 Å². The number of hydrogen-bond acceptors (Lipinski definition) is 3. The van der Waals surface area contributed by atoms with Gasteiger partial charge in [0.05, 0.1) is 27.8 Å². The molecule has 0 bridgehead atoms. The molecule has 0 aliphatic carbocycles. The maximum absolute atomic E-state index is 14.7. The maximum atomic E-state index is 14.7. The third-order valence-electron chi connectivity index (χ3n) is 10.9. The van der Waals surface area contributed by atoms with Crippen LogP contribution in [0, 0.1) is 11.6 Å². The molecule has 0 unspecified atom stereocenters. The summed E-state index contributed by atoms with van der Waals surface area (Å²) >= 11 is 0. The van der Waals surface area contributed by atoms with Gasteiger partial charge < -0.3 is 9.13 Å². The third kappa shape index (κ3) is 5.55. The minimum Gasteiger partial charge on any atom is -0.309 e. The van der Waals surface area contributed by atoms with E-state index in [0.717, 1.165) is 67.0 Å². The van der Waals surface area contributed by atoms with Crippen molar-refractivity contribution < 1.29 is 8.78 Å². The maximum Gasteiger partial charge on any atom is 0.166 e. The van der Waals surface area contributed by atoms with Crippen LogP contribution >= 0.6 is 0 Å². The van der Waals surface area contributed by atoms with Crippen molar-refractivity contribution in [2.45, 2.75) is 0 Å². The molecular formula is C51H31F2N5. The fraction of sp³-hybridized carbons (Fsp3) is 0. The van der Waals surface area contributed by atoms with Gasteiger partial charge in [-0.25, -0.2) is 23.7 Å². The van der Waals surface area contributed by atoms with Crippen LogP contribution in [0.1, 0.15) is 0 Å². The molecule has 274 valence electrons. The van der Waals surface area contributed by atoms with E-state index in [2.05, 4.69) is 94.1 Å². The molecular weight excluding hydrogens is 721 g/mol. The van der Waals surface area contributed by atoms with Gasteiger partial charge in [0.1, 0.15) is 11.6 Å². The lowest BCUT2D eigenvalue weighted by molar-refractivity contribution is 0.584. The smallest absolute Gasteiger partial charge is 0.166 e. The van der Waals surface area contributed by atoms with Crippen molar-refractivity contribution >= 4 is 43.6 Å². The summed E-state index contributed by atoms with van der Waals surface area (Å²) in [4.78, 5) is 15.2. The van der Waals surface area contributed by atoms with Crippen LogP contribution in [0.4, 0.5) is 8.78 Å². The number of hydrogen-bond donors (Lipinski definition) is 0. The lowest BCUT2D eigenvalue weighted by Crippen LogP contribution is -2.04. The highest BCUT2D eigenvalue weighted by molar-refractivity contribution is 6.12. The Bertz CT molecular complexity index is 3240. The van der Waals surface area contributed by atoms with Crippen molar-refractivity contribution in [2.75, 3.05) is 0 Å². The summed E-state index contributed by atoms with van der Waals surface area (Å²) in [6.45, 7) is 0. The van der Waals surface area contributed by atoms with E-state index >= 15 is 0 Å². The van der Waals surface area contributed by atoms with Gasteiger partial charge in [-0.1, -0.05) is 121 Å². The topological polar surface area (TPSA) is 48.5 Å². The second-order valence-corrected chi connectivity index (χ2v) is 14.4. The molecule has 0 spiro atoms. The van der Waals surface area contributed by atoms with Crippen LogP contribution in [-0.4, -0.2) is 24.1 Å². The first-order valence-corrected chi connectivity index (χ1v) is 19.1. The van der Waals surface area contributed by atoms with E-state index in [1.807, 2.05) is 84.9 Å². The molecule has 0 aliphatic heterocycles. The number of rotatable bonds is 6. The van der Waals surface area contributed by atoms with Crippen molar-refractivity contribution in [1.29, 1.82) is 0 Å². The van der Waals surface area contributed by atoms with Crippen molar-refractivity contribution in [2.24, 2.45) is 0 Å². The Morgan fingerprint density at radius 3 is 1.40 bits per heavy atom. The molecule has 0 aliphatic rings. The van der Waals surface area contributed by atoms with E-state index in [1.165, 1.54) is 22.9 Å². The highest BCUT2D eigenvalue weighted by Gasteiger charge is 2.22. The minimum absolute atomic E-state index is 0.422. The number of para-hydroxylation sites is 3. The lowest BCUT2D eigenvalue weighted by atomic mass is 10.0. The highest BCUT2D eigenvalue weighted by Crippen LogP contribution is 2.40. The SMILES string of the molecule is Fc1cc(F)cc(-c2ccc(-c3nc(-c4ccccc4)nc(-c4ccccc4)n3)c(-n3c4ccccc4c4cc(-n5c6ccccc6c6ccccc65)ccc43)c2)c1. The Balaban J connectivity index is 1.20. The van der Waals surface area contributed by atoms with Gasteiger partial charge in [-0.2, -0.15) is 0 Å². The summed E-state index contributed by atoms with van der Waals surface area (Å²) in [7, 11) is 0. The van der Waals surface area contributed by atoms with Gasteiger partial charge in [0, 0.05) is 50.0 Å². The fourth-order valence-electron chi connectivity index (χ4n) is 8.30. The van der Waals surface area contributed by atoms with Crippen LogP contribution in [0.3, 0.4) is 0 Å². The first-order chi connectivity index (χ1) is 28.6. The third-order valence-corrected chi connectivity index (χ3v) is 10.9. The molecule has 3 aromatic heterocycles. The molecule has 0 saturated carbocycles. The number of aromatic nitrogens is 5. The van der Waals surface area contributed by atoms with Crippen LogP contribution in [0.5, 0.6) is 0 Å². The van der Waals surface area contributed by atoms with Gasteiger partial charge in [0.2, 0.25) is 0 Å². The van der Waals surface area contributed by atoms with E-state index < -0.39 is 11.6 Å². The summed E-state index contributed by atoms with van der Waals surface area (Å²) in [5.74, 6) is 0.238. The molecule has 5 nitrogen and oxygen atoms in total. The number of benzene rings is 8. The van der Waals surface area contributed by atoms with Gasteiger partial charge in [-0.3, -0.25) is 0 Å². The van der Waals surface area contributed by atoms with Crippen LogP contribution in [-0.2, 0) is 0 Å². The molecule has 0 saturated heterocycles. The minimum atomic E-state index is -0.646.